The Bertz CT molecular complexity index is 2220. The summed E-state index contributed by atoms with van der Waals surface area (Å²) in [4.78, 5) is 0. The number of benzene rings is 6. The Balaban J connectivity index is 1.03. The Hall–Kier alpha value is -4.30. The zero-order valence-electron chi connectivity index (χ0n) is 30.7. The summed E-state index contributed by atoms with van der Waals surface area (Å²) in [5, 5.41) is 18.1. The summed E-state index contributed by atoms with van der Waals surface area (Å²) in [5.74, 6) is 0. The summed E-state index contributed by atoms with van der Waals surface area (Å²) in [6, 6.07) is 41.2. The first kappa shape index (κ1) is 37.6. The van der Waals surface area contributed by atoms with E-state index >= 15 is 0 Å². The summed E-state index contributed by atoms with van der Waals surface area (Å²) < 4.78 is 32.9. The fraction of sp³-hybridized carbons (Fsp3) is 0.333. The number of hydrogen-bond donors (Lipinski definition) is 5. The van der Waals surface area contributed by atoms with E-state index in [0.29, 0.717) is 13.0 Å². The molecule has 286 valence electrons. The van der Waals surface area contributed by atoms with Gasteiger partial charge in [0.25, 0.3) is 0 Å². The fourth-order valence-electron chi connectivity index (χ4n) is 8.01. The van der Waals surface area contributed by atoms with Gasteiger partial charge in [0.2, 0.25) is 0 Å². The SMILES string of the molecule is NCC1O[C@@H](O[C@H]2C(N)C[C@@H](N)C(O)[C@H]2OCc2ccc3ccccc3c2)C(N)[C@@H](OCc2ccc3ccccc3c2)[C@H]1OCc1ccc2ccccc2c1. The average Bonchev–Trinajstić information content (AvgIpc) is 3.21. The molecule has 10 nitrogen and oxygen atoms in total. The smallest absolute Gasteiger partial charge is 0.176 e. The van der Waals surface area contributed by atoms with Gasteiger partial charge in [-0.1, -0.05) is 109 Å². The van der Waals surface area contributed by atoms with Crippen molar-refractivity contribution in [3.8, 4) is 0 Å². The normalized spacial score (nSPS) is 28.5. The van der Waals surface area contributed by atoms with Crippen LogP contribution < -0.4 is 22.9 Å². The molecule has 2 aliphatic rings. The zero-order valence-corrected chi connectivity index (χ0v) is 30.7. The third kappa shape index (κ3) is 8.30. The topological polar surface area (TPSA) is 170 Å². The summed E-state index contributed by atoms with van der Waals surface area (Å²) in [6.45, 7) is 0.913. The number of ether oxygens (including phenoxy) is 5. The van der Waals surface area contributed by atoms with E-state index in [-0.39, 0.29) is 19.8 Å². The van der Waals surface area contributed by atoms with Crippen molar-refractivity contribution in [3.05, 3.63) is 144 Å². The number of hydrogen-bond acceptors (Lipinski definition) is 10. The molecule has 0 bridgehead atoms. The van der Waals surface area contributed by atoms with Crippen LogP contribution in [0.15, 0.2) is 127 Å². The van der Waals surface area contributed by atoms with Crippen LogP contribution in [0, 0.1) is 0 Å². The molecular formula is C45H50N4O6. The molecule has 1 saturated carbocycles. The second-order valence-electron chi connectivity index (χ2n) is 14.9. The highest BCUT2D eigenvalue weighted by atomic mass is 16.7. The van der Waals surface area contributed by atoms with E-state index in [1.54, 1.807) is 0 Å². The lowest BCUT2D eigenvalue weighted by atomic mass is 9.84. The molecule has 2 fully saturated rings. The van der Waals surface area contributed by atoms with Gasteiger partial charge in [0.15, 0.2) is 6.29 Å². The van der Waals surface area contributed by atoms with E-state index in [1.165, 1.54) is 0 Å². The summed E-state index contributed by atoms with van der Waals surface area (Å²) in [6.07, 6.45) is -5.28. The van der Waals surface area contributed by atoms with E-state index in [2.05, 4.69) is 84.9 Å². The first-order chi connectivity index (χ1) is 26.8. The zero-order chi connectivity index (χ0) is 37.9. The van der Waals surface area contributed by atoms with E-state index in [9.17, 15) is 5.11 Å². The molecule has 4 unspecified atom stereocenters. The maximum Gasteiger partial charge on any atom is 0.176 e. The molecule has 10 heteroatoms. The third-order valence-electron chi connectivity index (χ3n) is 11.1. The Morgan fingerprint density at radius 1 is 0.527 bits per heavy atom. The number of nitrogens with two attached hydrogens (primary N) is 4. The van der Waals surface area contributed by atoms with Crippen LogP contribution in [0.5, 0.6) is 0 Å². The Morgan fingerprint density at radius 3 is 1.44 bits per heavy atom. The van der Waals surface area contributed by atoms with Crippen molar-refractivity contribution >= 4 is 32.3 Å². The van der Waals surface area contributed by atoms with Gasteiger partial charge in [-0.3, -0.25) is 0 Å². The van der Waals surface area contributed by atoms with Crippen LogP contribution in [0.25, 0.3) is 32.3 Å². The van der Waals surface area contributed by atoms with Crippen LogP contribution in [-0.4, -0.2) is 72.7 Å². The van der Waals surface area contributed by atoms with Crippen LogP contribution >= 0.6 is 0 Å². The van der Waals surface area contributed by atoms with Crippen molar-refractivity contribution in [1.29, 1.82) is 0 Å². The van der Waals surface area contributed by atoms with Crippen LogP contribution in [0.3, 0.4) is 0 Å². The molecule has 10 atom stereocenters. The first-order valence-electron chi connectivity index (χ1n) is 19.1. The van der Waals surface area contributed by atoms with Gasteiger partial charge in [-0.05, 0) is 73.6 Å². The average molecular weight is 743 g/mol. The highest BCUT2D eigenvalue weighted by molar-refractivity contribution is 5.84. The molecule has 0 amide bonds. The lowest BCUT2D eigenvalue weighted by Crippen LogP contribution is -2.68. The quantitative estimate of drug-likeness (QED) is 0.115. The molecule has 0 radical (unpaired) electrons. The highest BCUT2D eigenvalue weighted by Gasteiger charge is 2.50. The summed E-state index contributed by atoms with van der Waals surface area (Å²) in [5.41, 5.74) is 29.5. The van der Waals surface area contributed by atoms with Crippen LogP contribution in [0.2, 0.25) is 0 Å². The minimum Gasteiger partial charge on any atom is -0.389 e. The van der Waals surface area contributed by atoms with Gasteiger partial charge < -0.3 is 51.7 Å². The Morgan fingerprint density at radius 2 is 0.964 bits per heavy atom. The second-order valence-corrected chi connectivity index (χ2v) is 14.9. The highest BCUT2D eigenvalue weighted by Crippen LogP contribution is 2.32. The number of fused-ring (bicyclic) bond motifs is 3. The molecule has 6 aromatic carbocycles. The van der Waals surface area contributed by atoms with Gasteiger partial charge in [-0.15, -0.1) is 0 Å². The predicted molar refractivity (Wildman–Crippen MR) is 215 cm³/mol. The van der Waals surface area contributed by atoms with E-state index < -0.39 is 61.0 Å². The molecule has 1 saturated heterocycles. The maximum atomic E-state index is 11.4. The van der Waals surface area contributed by atoms with Gasteiger partial charge in [0.05, 0.1) is 32.0 Å². The summed E-state index contributed by atoms with van der Waals surface area (Å²) >= 11 is 0. The van der Waals surface area contributed by atoms with Gasteiger partial charge >= 0.3 is 0 Å². The third-order valence-corrected chi connectivity index (χ3v) is 11.1. The van der Waals surface area contributed by atoms with Crippen molar-refractivity contribution in [2.45, 2.75) is 87.3 Å². The molecule has 9 N–H and O–H groups in total. The molecular weight excluding hydrogens is 693 g/mol. The Labute approximate surface area is 321 Å². The van der Waals surface area contributed by atoms with Gasteiger partial charge in [-0.25, -0.2) is 0 Å². The molecule has 6 aromatic rings. The van der Waals surface area contributed by atoms with E-state index in [1.807, 2.05) is 42.5 Å². The van der Waals surface area contributed by atoms with Gasteiger partial charge in [0, 0.05) is 18.6 Å². The summed E-state index contributed by atoms with van der Waals surface area (Å²) in [7, 11) is 0. The largest absolute Gasteiger partial charge is 0.389 e. The Kier molecular flexibility index (Phi) is 11.5. The van der Waals surface area contributed by atoms with Crippen molar-refractivity contribution in [3.63, 3.8) is 0 Å². The molecule has 1 heterocycles. The van der Waals surface area contributed by atoms with Crippen LogP contribution in [0.1, 0.15) is 23.1 Å². The standard InChI is InChI=1S/C45H50N4O6/c46-23-38-42(51-24-27-13-16-30-7-1-4-10-33(30)19-27)43(52-25-28-14-17-31-8-2-5-11-34(31)20-28)39(49)45(54-38)55-41-37(48)22-36(47)40(50)44(41)53-26-29-15-18-32-9-3-6-12-35(32)21-29/h1-21,36-45,50H,22-26,46-49H2/t36-,37?,38?,39?,40?,41+,42+,43-,44-,45+/m1/s1. The predicted octanol–water partition coefficient (Wildman–Crippen LogP) is 5.02. The number of aliphatic hydroxyl groups excluding tert-OH is 1. The minimum atomic E-state index is -1.03. The molecule has 1 aliphatic carbocycles. The maximum absolute atomic E-state index is 11.4. The van der Waals surface area contributed by atoms with Gasteiger partial charge in [0.1, 0.15) is 30.5 Å². The minimum absolute atomic E-state index is 0.122. The monoisotopic (exact) mass is 742 g/mol. The second kappa shape index (κ2) is 16.8. The van der Waals surface area contributed by atoms with Crippen molar-refractivity contribution in [2.24, 2.45) is 22.9 Å². The lowest BCUT2D eigenvalue weighted by Gasteiger charge is -2.48. The molecule has 55 heavy (non-hydrogen) atoms. The fourth-order valence-corrected chi connectivity index (χ4v) is 8.01. The molecule has 8 rings (SSSR count). The van der Waals surface area contributed by atoms with Crippen molar-refractivity contribution in [2.75, 3.05) is 6.54 Å². The number of aliphatic hydroxyl groups is 1. The molecule has 0 spiro atoms. The van der Waals surface area contributed by atoms with Gasteiger partial charge in [-0.2, -0.15) is 0 Å². The van der Waals surface area contributed by atoms with Crippen LogP contribution in [0.4, 0.5) is 0 Å². The lowest BCUT2D eigenvalue weighted by molar-refractivity contribution is -0.303. The van der Waals surface area contributed by atoms with E-state index in [4.69, 9.17) is 46.6 Å². The molecule has 1 aliphatic heterocycles. The van der Waals surface area contributed by atoms with E-state index in [0.717, 1.165) is 49.0 Å². The van der Waals surface area contributed by atoms with Crippen LogP contribution in [-0.2, 0) is 43.5 Å². The number of rotatable bonds is 12. The molecule has 0 aromatic heterocycles. The van der Waals surface area contributed by atoms with Crippen molar-refractivity contribution < 1.29 is 28.8 Å². The van der Waals surface area contributed by atoms with Crippen molar-refractivity contribution in [1.82, 2.24) is 0 Å². The first-order valence-corrected chi connectivity index (χ1v) is 19.1.